The maximum Gasteiger partial charge on any atom is 0.500 e. The lowest BCUT2D eigenvalue weighted by Gasteiger charge is -2.28. The van der Waals surface area contributed by atoms with Gasteiger partial charge in [0, 0.05) is 39.0 Å². The Morgan fingerprint density at radius 1 is 0.697 bits per heavy atom. The van der Waals surface area contributed by atoms with Crippen molar-refractivity contribution in [3.63, 3.8) is 0 Å². The van der Waals surface area contributed by atoms with E-state index in [0.717, 1.165) is 25.3 Å². The van der Waals surface area contributed by atoms with E-state index in [9.17, 15) is 4.79 Å². The van der Waals surface area contributed by atoms with E-state index >= 15 is 0 Å². The monoisotopic (exact) mass is 491 g/mol. The summed E-state index contributed by atoms with van der Waals surface area (Å²) >= 11 is 0. The van der Waals surface area contributed by atoms with Crippen LogP contribution < -0.4 is 5.32 Å². The van der Waals surface area contributed by atoms with Crippen molar-refractivity contribution >= 4 is 14.9 Å². The molecule has 33 heavy (non-hydrogen) atoms. The number of hydrogen-bond acceptors (Lipinski definition) is 7. The van der Waals surface area contributed by atoms with Crippen LogP contribution in [0.25, 0.3) is 0 Å². The fourth-order valence-electron chi connectivity index (χ4n) is 3.38. The molecule has 0 aliphatic heterocycles. The fraction of sp³-hybridized carbons (Fsp3) is 0.875. The minimum Gasteiger partial charge on any atom is -0.450 e. The van der Waals surface area contributed by atoms with Crippen LogP contribution in [0, 0.1) is 13.8 Å². The van der Waals surface area contributed by atoms with Crippen molar-refractivity contribution in [3.8, 4) is 0 Å². The Morgan fingerprint density at radius 3 is 1.85 bits per heavy atom. The van der Waals surface area contributed by atoms with Crippen LogP contribution in [-0.2, 0) is 27.5 Å². The highest BCUT2D eigenvalue weighted by Gasteiger charge is 2.39. The quantitative estimate of drug-likeness (QED) is 0.143. The van der Waals surface area contributed by atoms with Crippen molar-refractivity contribution in [3.05, 3.63) is 13.8 Å². The Balaban J connectivity index is 3.49. The molecule has 1 amide bonds. The molecule has 196 valence electrons. The third kappa shape index (κ3) is 20.4. The number of hydrogen-bond donors (Lipinski definition) is 1. The smallest absolute Gasteiger partial charge is 0.450 e. The van der Waals surface area contributed by atoms with Crippen molar-refractivity contribution in [2.24, 2.45) is 0 Å². The van der Waals surface area contributed by atoms with Gasteiger partial charge in [0.2, 0.25) is 0 Å². The Hall–Kier alpha value is -0.713. The molecule has 0 atom stereocenters. The van der Waals surface area contributed by atoms with E-state index in [-0.39, 0.29) is 6.09 Å². The van der Waals surface area contributed by atoms with Gasteiger partial charge in [0.05, 0.1) is 26.4 Å². The SMILES string of the molecule is [CH2]COCCOCCNC(=O)OCCCCCCCCCCC[Si](OC[CH2])(OCC)OCC. The first kappa shape index (κ1) is 32.3. The molecule has 0 bridgehead atoms. The van der Waals surface area contributed by atoms with Crippen molar-refractivity contribution < 1.29 is 32.3 Å². The lowest BCUT2D eigenvalue weighted by atomic mass is 10.1. The second-order valence-corrected chi connectivity index (χ2v) is 10.3. The Bertz CT molecular complexity index is 413. The molecule has 1 N–H and O–H groups in total. The molecule has 0 aromatic heterocycles. The molecule has 0 aliphatic rings. The van der Waals surface area contributed by atoms with E-state index in [1.807, 2.05) is 13.8 Å². The Labute approximate surface area is 203 Å². The average Bonchev–Trinajstić information content (AvgIpc) is 2.79. The summed E-state index contributed by atoms with van der Waals surface area (Å²) in [4.78, 5) is 11.6. The van der Waals surface area contributed by atoms with Crippen LogP contribution in [0.2, 0.25) is 6.04 Å². The second-order valence-electron chi connectivity index (χ2n) is 7.62. The van der Waals surface area contributed by atoms with Crippen LogP contribution in [0.3, 0.4) is 0 Å². The summed E-state index contributed by atoms with van der Waals surface area (Å²) in [6, 6.07) is 0.872. The minimum absolute atomic E-state index is 0.381. The maximum absolute atomic E-state index is 11.6. The molecule has 0 spiro atoms. The molecule has 0 saturated heterocycles. The van der Waals surface area contributed by atoms with Crippen LogP contribution >= 0.6 is 0 Å². The molecule has 0 aliphatic carbocycles. The van der Waals surface area contributed by atoms with E-state index in [0.29, 0.717) is 59.4 Å². The van der Waals surface area contributed by atoms with Gasteiger partial charge in [0.25, 0.3) is 0 Å². The van der Waals surface area contributed by atoms with E-state index in [2.05, 4.69) is 19.2 Å². The number of ether oxygens (including phenoxy) is 3. The summed E-state index contributed by atoms with van der Waals surface area (Å²) in [5.41, 5.74) is 0. The number of unbranched alkanes of at least 4 members (excludes halogenated alkanes) is 8. The van der Waals surface area contributed by atoms with E-state index in [4.69, 9.17) is 27.5 Å². The molecule has 0 rings (SSSR count). The van der Waals surface area contributed by atoms with Crippen LogP contribution in [0.1, 0.15) is 71.6 Å². The molecule has 8 nitrogen and oxygen atoms in total. The standard InChI is InChI=1S/C24H49NO7Si/c1-5-27-21-22-28-20-18-25-24(26)29-19-16-14-12-10-9-11-13-15-17-23-33(30-6-2,31-7-3)32-8-4/h1-2,5-23H2,3-4H3,(H,25,26). The van der Waals surface area contributed by atoms with Gasteiger partial charge in [0.15, 0.2) is 0 Å². The third-order valence-electron chi connectivity index (χ3n) is 4.94. The second kappa shape index (κ2) is 24.4. The molecule has 0 unspecified atom stereocenters. The molecular formula is C24H49NO7Si. The van der Waals surface area contributed by atoms with Gasteiger partial charge in [-0.15, -0.1) is 0 Å². The molecule has 2 radical (unpaired) electrons. The van der Waals surface area contributed by atoms with Crippen LogP contribution in [-0.4, -0.2) is 74.3 Å². The first-order chi connectivity index (χ1) is 16.1. The topological polar surface area (TPSA) is 84.5 Å². The molecule has 0 fully saturated rings. The zero-order chi connectivity index (χ0) is 24.5. The fourth-order valence-corrected chi connectivity index (χ4v) is 5.94. The van der Waals surface area contributed by atoms with E-state index < -0.39 is 8.80 Å². The lowest BCUT2D eigenvalue weighted by molar-refractivity contribution is 0.0582. The van der Waals surface area contributed by atoms with Gasteiger partial charge < -0.3 is 32.8 Å². The van der Waals surface area contributed by atoms with Crippen LogP contribution in [0.5, 0.6) is 0 Å². The normalized spacial score (nSPS) is 11.6. The number of rotatable bonds is 25. The largest absolute Gasteiger partial charge is 0.500 e. The summed E-state index contributed by atoms with van der Waals surface area (Å²) < 4.78 is 33.1. The zero-order valence-corrected chi connectivity index (χ0v) is 22.2. The summed E-state index contributed by atoms with van der Waals surface area (Å²) in [6.07, 6.45) is 9.97. The van der Waals surface area contributed by atoms with Gasteiger partial charge in [-0.1, -0.05) is 44.9 Å². The number of alkyl carbamates (subject to hydrolysis) is 1. The van der Waals surface area contributed by atoms with Crippen LogP contribution in [0.4, 0.5) is 4.79 Å². The summed E-state index contributed by atoms with van der Waals surface area (Å²) in [6.45, 7) is 15.8. The highest BCUT2D eigenvalue weighted by Crippen LogP contribution is 2.20. The van der Waals surface area contributed by atoms with E-state index in [1.54, 1.807) is 0 Å². The first-order valence-corrected chi connectivity index (χ1v) is 14.6. The predicted octanol–water partition coefficient (Wildman–Crippen LogP) is 4.95. The first-order valence-electron chi connectivity index (χ1n) is 12.7. The van der Waals surface area contributed by atoms with Gasteiger partial charge in [-0.2, -0.15) is 0 Å². The third-order valence-corrected chi connectivity index (χ3v) is 8.01. The summed E-state index contributed by atoms with van der Waals surface area (Å²) in [7, 11) is -2.53. The Morgan fingerprint density at radius 2 is 1.27 bits per heavy atom. The van der Waals surface area contributed by atoms with Gasteiger partial charge in [-0.05, 0) is 40.5 Å². The van der Waals surface area contributed by atoms with Crippen molar-refractivity contribution in [1.82, 2.24) is 5.32 Å². The van der Waals surface area contributed by atoms with Crippen LogP contribution in [0.15, 0.2) is 0 Å². The molecule has 0 aromatic carbocycles. The molecule has 0 aromatic rings. The molecule has 9 heteroatoms. The van der Waals surface area contributed by atoms with Gasteiger partial charge >= 0.3 is 14.9 Å². The van der Waals surface area contributed by atoms with Crippen molar-refractivity contribution in [2.75, 3.05) is 59.4 Å². The van der Waals surface area contributed by atoms with Crippen molar-refractivity contribution in [2.45, 2.75) is 77.7 Å². The average molecular weight is 492 g/mol. The molecule has 0 heterocycles. The Kier molecular flexibility index (Phi) is 23.9. The molecular weight excluding hydrogens is 442 g/mol. The zero-order valence-electron chi connectivity index (χ0n) is 21.2. The maximum atomic E-state index is 11.6. The number of amides is 1. The highest BCUT2D eigenvalue weighted by atomic mass is 28.4. The summed E-state index contributed by atoms with van der Waals surface area (Å²) in [5, 5.41) is 2.68. The van der Waals surface area contributed by atoms with Crippen molar-refractivity contribution in [1.29, 1.82) is 0 Å². The van der Waals surface area contributed by atoms with E-state index in [1.165, 1.54) is 38.5 Å². The predicted molar refractivity (Wildman–Crippen MR) is 133 cm³/mol. The minimum atomic E-state index is -2.53. The highest BCUT2D eigenvalue weighted by molar-refractivity contribution is 6.60. The lowest BCUT2D eigenvalue weighted by Crippen LogP contribution is -2.45. The number of carbonyl (C=O) groups is 1. The summed E-state index contributed by atoms with van der Waals surface area (Å²) in [5.74, 6) is 0. The number of carbonyl (C=O) groups excluding carboxylic acids is 1. The van der Waals surface area contributed by atoms with Gasteiger partial charge in [0.1, 0.15) is 0 Å². The van der Waals surface area contributed by atoms with Gasteiger partial charge in [-0.3, -0.25) is 0 Å². The molecule has 0 saturated carbocycles. The number of nitrogens with one attached hydrogen (secondary N) is 1. The van der Waals surface area contributed by atoms with Gasteiger partial charge in [-0.25, -0.2) is 4.79 Å².